The van der Waals surface area contributed by atoms with Crippen molar-refractivity contribution < 1.29 is 9.50 Å². The summed E-state index contributed by atoms with van der Waals surface area (Å²) in [5.74, 6) is 2.16. The van der Waals surface area contributed by atoms with Crippen LogP contribution in [0.1, 0.15) is 61.8 Å². The number of aryl methyl sites for hydroxylation is 1. The summed E-state index contributed by atoms with van der Waals surface area (Å²) in [5, 5.41) is 17.8. The van der Waals surface area contributed by atoms with Crippen molar-refractivity contribution >= 4 is 5.69 Å². The molecule has 1 aliphatic heterocycles. The Morgan fingerprint density at radius 2 is 2.00 bits per heavy atom. The first kappa shape index (κ1) is 18.4. The number of benzene rings is 1. The SMILES string of the molecule is CC(NCc1nc(C2CC2)nn1C)c1cc(F)ccc1N1CCC(O)CC1. The molecule has 1 aliphatic carbocycles. The van der Waals surface area contributed by atoms with Crippen LogP contribution in [0.2, 0.25) is 0 Å². The topological polar surface area (TPSA) is 66.2 Å². The molecule has 1 unspecified atom stereocenters. The minimum atomic E-state index is -0.228. The molecule has 27 heavy (non-hydrogen) atoms. The molecule has 1 aromatic carbocycles. The van der Waals surface area contributed by atoms with E-state index in [1.54, 1.807) is 6.07 Å². The molecule has 6 nitrogen and oxygen atoms in total. The fourth-order valence-corrected chi connectivity index (χ4v) is 3.73. The maximum Gasteiger partial charge on any atom is 0.154 e. The Morgan fingerprint density at radius 1 is 1.26 bits per heavy atom. The zero-order chi connectivity index (χ0) is 19.0. The van der Waals surface area contributed by atoms with Crippen LogP contribution >= 0.6 is 0 Å². The molecule has 2 aliphatic rings. The van der Waals surface area contributed by atoms with Gasteiger partial charge < -0.3 is 15.3 Å². The van der Waals surface area contributed by atoms with Gasteiger partial charge >= 0.3 is 0 Å². The zero-order valence-electron chi connectivity index (χ0n) is 16.0. The molecule has 0 spiro atoms. The molecule has 0 bridgehead atoms. The molecule has 4 rings (SSSR count). The molecular weight excluding hydrogens is 345 g/mol. The van der Waals surface area contributed by atoms with Crippen LogP contribution in [0.4, 0.5) is 10.1 Å². The van der Waals surface area contributed by atoms with Crippen molar-refractivity contribution in [3.63, 3.8) is 0 Å². The van der Waals surface area contributed by atoms with Gasteiger partial charge in [-0.3, -0.25) is 4.68 Å². The molecule has 2 heterocycles. The van der Waals surface area contributed by atoms with Gasteiger partial charge in [0.25, 0.3) is 0 Å². The van der Waals surface area contributed by atoms with Crippen LogP contribution < -0.4 is 10.2 Å². The monoisotopic (exact) mass is 373 g/mol. The Hall–Kier alpha value is -1.99. The van der Waals surface area contributed by atoms with E-state index in [0.717, 1.165) is 48.8 Å². The first-order valence-corrected chi connectivity index (χ1v) is 9.87. The fourth-order valence-electron chi connectivity index (χ4n) is 3.73. The number of nitrogens with one attached hydrogen (secondary N) is 1. The van der Waals surface area contributed by atoms with E-state index < -0.39 is 0 Å². The molecular formula is C20H28FN5O. The van der Waals surface area contributed by atoms with Crippen molar-refractivity contribution in [3.05, 3.63) is 41.2 Å². The van der Waals surface area contributed by atoms with Gasteiger partial charge in [0.05, 0.1) is 12.6 Å². The summed E-state index contributed by atoms with van der Waals surface area (Å²) in [4.78, 5) is 6.90. The van der Waals surface area contributed by atoms with E-state index in [1.807, 2.05) is 17.8 Å². The van der Waals surface area contributed by atoms with E-state index in [-0.39, 0.29) is 18.0 Å². The molecule has 1 saturated carbocycles. The summed E-state index contributed by atoms with van der Waals surface area (Å²) in [6.45, 7) is 4.22. The lowest BCUT2D eigenvalue weighted by atomic mass is 10.0. The van der Waals surface area contributed by atoms with E-state index >= 15 is 0 Å². The summed E-state index contributed by atoms with van der Waals surface area (Å²) in [7, 11) is 1.92. The summed E-state index contributed by atoms with van der Waals surface area (Å²) in [6, 6.07) is 4.96. The first-order chi connectivity index (χ1) is 13.0. The summed E-state index contributed by atoms with van der Waals surface area (Å²) < 4.78 is 15.8. The van der Waals surface area contributed by atoms with Gasteiger partial charge in [-0.2, -0.15) is 5.10 Å². The predicted octanol–water partition coefficient (Wildman–Crippen LogP) is 2.64. The second kappa shape index (κ2) is 7.56. The smallest absolute Gasteiger partial charge is 0.154 e. The van der Waals surface area contributed by atoms with Crippen molar-refractivity contribution in [1.82, 2.24) is 20.1 Å². The molecule has 2 aromatic rings. The zero-order valence-corrected chi connectivity index (χ0v) is 16.0. The van der Waals surface area contributed by atoms with Crippen LogP contribution in [0.5, 0.6) is 0 Å². The van der Waals surface area contributed by atoms with Crippen molar-refractivity contribution in [3.8, 4) is 0 Å². The van der Waals surface area contributed by atoms with Gasteiger partial charge in [0, 0.05) is 37.8 Å². The Labute approximate surface area is 159 Å². The van der Waals surface area contributed by atoms with Crippen molar-refractivity contribution in [1.29, 1.82) is 0 Å². The second-order valence-corrected chi connectivity index (χ2v) is 7.81. The van der Waals surface area contributed by atoms with Gasteiger partial charge in [-0.25, -0.2) is 9.37 Å². The Kier molecular flexibility index (Phi) is 5.14. The number of aromatic nitrogens is 3. The van der Waals surface area contributed by atoms with Gasteiger partial charge in [-0.15, -0.1) is 0 Å². The summed E-state index contributed by atoms with van der Waals surface area (Å²) >= 11 is 0. The van der Waals surface area contributed by atoms with E-state index in [2.05, 4.69) is 27.2 Å². The van der Waals surface area contributed by atoms with Crippen LogP contribution in [0.15, 0.2) is 18.2 Å². The molecule has 1 atom stereocenters. The average molecular weight is 373 g/mol. The van der Waals surface area contributed by atoms with Gasteiger partial charge in [0.2, 0.25) is 0 Å². The van der Waals surface area contributed by atoms with Crippen LogP contribution in [-0.2, 0) is 13.6 Å². The molecule has 0 amide bonds. The highest BCUT2D eigenvalue weighted by molar-refractivity contribution is 5.55. The predicted molar refractivity (Wildman–Crippen MR) is 102 cm³/mol. The lowest BCUT2D eigenvalue weighted by Crippen LogP contribution is -2.37. The maximum atomic E-state index is 14.0. The number of anilines is 1. The van der Waals surface area contributed by atoms with Gasteiger partial charge in [0.1, 0.15) is 11.6 Å². The lowest BCUT2D eigenvalue weighted by molar-refractivity contribution is 0.145. The van der Waals surface area contributed by atoms with Crippen LogP contribution in [0.3, 0.4) is 0 Å². The van der Waals surface area contributed by atoms with Crippen molar-refractivity contribution in [2.24, 2.45) is 7.05 Å². The first-order valence-electron chi connectivity index (χ1n) is 9.87. The number of hydrogen-bond acceptors (Lipinski definition) is 5. The third-order valence-electron chi connectivity index (χ3n) is 5.64. The Morgan fingerprint density at radius 3 is 2.70 bits per heavy atom. The molecule has 1 saturated heterocycles. The van der Waals surface area contributed by atoms with Gasteiger partial charge in [-0.05, 0) is 56.4 Å². The maximum absolute atomic E-state index is 14.0. The minimum Gasteiger partial charge on any atom is -0.393 e. The van der Waals surface area contributed by atoms with Crippen LogP contribution in [0.25, 0.3) is 0 Å². The number of nitrogens with zero attached hydrogens (tertiary/aromatic N) is 4. The van der Waals surface area contributed by atoms with E-state index in [0.29, 0.717) is 12.5 Å². The number of aliphatic hydroxyl groups is 1. The van der Waals surface area contributed by atoms with E-state index in [1.165, 1.54) is 18.9 Å². The standard InChI is InChI=1S/C20H28FN5O/c1-13(22-12-19-23-20(14-3-4-14)24-25(19)2)17-11-15(21)5-6-18(17)26-9-7-16(27)8-10-26/h5-6,11,13-14,16,22,27H,3-4,7-10,12H2,1-2H3. The van der Waals surface area contributed by atoms with Gasteiger partial charge in [-0.1, -0.05) is 0 Å². The molecule has 1 aromatic heterocycles. The highest BCUT2D eigenvalue weighted by Gasteiger charge is 2.28. The number of hydrogen-bond donors (Lipinski definition) is 2. The average Bonchev–Trinajstić information content (AvgIpc) is 3.44. The fraction of sp³-hybridized carbons (Fsp3) is 0.600. The van der Waals surface area contributed by atoms with E-state index in [9.17, 15) is 9.50 Å². The molecule has 2 fully saturated rings. The highest BCUT2D eigenvalue weighted by Crippen LogP contribution is 2.38. The lowest BCUT2D eigenvalue weighted by Gasteiger charge is -2.34. The highest BCUT2D eigenvalue weighted by atomic mass is 19.1. The summed E-state index contributed by atoms with van der Waals surface area (Å²) in [5.41, 5.74) is 1.98. The molecule has 0 radical (unpaired) electrons. The largest absolute Gasteiger partial charge is 0.393 e. The normalized spacial score (nSPS) is 19.5. The Bertz CT molecular complexity index is 796. The van der Waals surface area contributed by atoms with E-state index in [4.69, 9.17) is 0 Å². The number of aliphatic hydroxyl groups excluding tert-OH is 1. The number of piperidine rings is 1. The van der Waals surface area contributed by atoms with Crippen molar-refractivity contribution in [2.75, 3.05) is 18.0 Å². The van der Waals surface area contributed by atoms with Crippen LogP contribution in [-0.4, -0.2) is 39.1 Å². The minimum absolute atomic E-state index is 0.0244. The number of rotatable bonds is 6. The van der Waals surface area contributed by atoms with Gasteiger partial charge in [0.15, 0.2) is 5.82 Å². The third-order valence-corrected chi connectivity index (χ3v) is 5.64. The summed E-state index contributed by atoms with van der Waals surface area (Å²) in [6.07, 6.45) is 3.65. The Balaban J connectivity index is 1.47. The molecule has 7 heteroatoms. The third kappa shape index (κ3) is 4.14. The van der Waals surface area contributed by atoms with Crippen molar-refractivity contribution in [2.45, 2.75) is 57.2 Å². The van der Waals surface area contributed by atoms with Crippen LogP contribution in [0, 0.1) is 5.82 Å². The quantitative estimate of drug-likeness (QED) is 0.815. The molecule has 146 valence electrons. The number of halogens is 1. The molecule has 2 N–H and O–H groups in total. The second-order valence-electron chi connectivity index (χ2n) is 7.81.